The summed E-state index contributed by atoms with van der Waals surface area (Å²) in [5.74, 6) is 0.556. The maximum Gasteiger partial charge on any atom is 0.171 e. The summed E-state index contributed by atoms with van der Waals surface area (Å²) in [4.78, 5) is 0. The van der Waals surface area contributed by atoms with E-state index in [4.69, 9.17) is 16.6 Å². The lowest BCUT2D eigenvalue weighted by atomic mass is 10.2. The largest absolute Gasteiger partial charge is 0.467 e. The molecule has 2 heterocycles. The summed E-state index contributed by atoms with van der Waals surface area (Å²) in [6, 6.07) is 10.2. The van der Waals surface area contributed by atoms with E-state index in [1.54, 1.807) is 12.3 Å². The fraction of sp³-hybridized carbons (Fsp3) is 0.222. The van der Waals surface area contributed by atoms with Crippen LogP contribution >= 0.6 is 12.2 Å². The second-order valence-corrected chi connectivity index (χ2v) is 6.13. The molecule has 130 valence electrons. The molecule has 0 unspecified atom stereocenters. The van der Waals surface area contributed by atoms with Crippen molar-refractivity contribution in [1.82, 2.24) is 15.1 Å². The van der Waals surface area contributed by atoms with Crippen LogP contribution in [0, 0.1) is 19.7 Å². The predicted octanol–water partition coefficient (Wildman–Crippen LogP) is 3.77. The molecule has 0 bridgehead atoms. The van der Waals surface area contributed by atoms with Crippen LogP contribution in [0.5, 0.6) is 0 Å². The zero-order valence-corrected chi connectivity index (χ0v) is 14.9. The van der Waals surface area contributed by atoms with E-state index >= 15 is 0 Å². The summed E-state index contributed by atoms with van der Waals surface area (Å²) in [5, 5.41) is 11.3. The monoisotopic (exact) mass is 358 g/mol. The quantitative estimate of drug-likeness (QED) is 0.680. The highest BCUT2D eigenvalue weighted by molar-refractivity contribution is 7.80. The average molecular weight is 358 g/mol. The molecule has 1 aromatic carbocycles. The molecule has 0 amide bonds. The number of nitrogens with zero attached hydrogens (tertiary/aromatic N) is 2. The van der Waals surface area contributed by atoms with E-state index in [0.717, 1.165) is 28.4 Å². The van der Waals surface area contributed by atoms with Gasteiger partial charge in [0.15, 0.2) is 5.11 Å². The average Bonchev–Trinajstić information content (AvgIpc) is 3.17. The number of aromatic nitrogens is 2. The fourth-order valence-electron chi connectivity index (χ4n) is 2.58. The Balaban J connectivity index is 1.67. The zero-order chi connectivity index (χ0) is 17.8. The smallest absolute Gasteiger partial charge is 0.171 e. The van der Waals surface area contributed by atoms with E-state index in [9.17, 15) is 4.39 Å². The number of halogens is 1. The van der Waals surface area contributed by atoms with Crippen molar-refractivity contribution in [2.45, 2.75) is 26.9 Å². The van der Waals surface area contributed by atoms with Gasteiger partial charge in [0.05, 0.1) is 36.4 Å². The second kappa shape index (κ2) is 7.48. The second-order valence-electron chi connectivity index (χ2n) is 5.72. The summed E-state index contributed by atoms with van der Waals surface area (Å²) >= 11 is 5.33. The van der Waals surface area contributed by atoms with Crippen LogP contribution in [0.1, 0.15) is 22.7 Å². The van der Waals surface area contributed by atoms with Gasteiger partial charge in [0.1, 0.15) is 11.6 Å². The van der Waals surface area contributed by atoms with Crippen molar-refractivity contribution in [2.24, 2.45) is 0 Å². The van der Waals surface area contributed by atoms with Gasteiger partial charge in [-0.2, -0.15) is 5.10 Å². The summed E-state index contributed by atoms with van der Waals surface area (Å²) in [7, 11) is 0. The highest BCUT2D eigenvalue weighted by Crippen LogP contribution is 2.20. The molecule has 0 spiro atoms. The lowest BCUT2D eigenvalue weighted by Crippen LogP contribution is -2.28. The third kappa shape index (κ3) is 4.24. The van der Waals surface area contributed by atoms with Crippen molar-refractivity contribution in [3.05, 3.63) is 71.2 Å². The molecule has 0 aliphatic rings. The van der Waals surface area contributed by atoms with Crippen LogP contribution in [-0.2, 0) is 13.1 Å². The molecule has 0 fully saturated rings. The number of hydrogen-bond donors (Lipinski definition) is 2. The molecule has 3 aromatic rings. The van der Waals surface area contributed by atoms with E-state index in [-0.39, 0.29) is 5.82 Å². The number of hydrogen-bond acceptors (Lipinski definition) is 3. The Hall–Kier alpha value is -2.67. The molecule has 0 aliphatic heterocycles. The molecule has 25 heavy (non-hydrogen) atoms. The molecule has 0 radical (unpaired) electrons. The van der Waals surface area contributed by atoms with Gasteiger partial charge in [-0.05, 0) is 55.9 Å². The Morgan fingerprint density at radius 1 is 1.28 bits per heavy atom. The normalized spacial score (nSPS) is 10.7. The molecule has 0 saturated carbocycles. The van der Waals surface area contributed by atoms with E-state index in [2.05, 4.69) is 15.7 Å². The number of furan rings is 1. The lowest BCUT2D eigenvalue weighted by Gasteiger charge is -2.10. The first-order valence-corrected chi connectivity index (χ1v) is 8.29. The van der Waals surface area contributed by atoms with E-state index in [0.29, 0.717) is 18.2 Å². The van der Waals surface area contributed by atoms with E-state index < -0.39 is 0 Å². The minimum atomic E-state index is -0.249. The van der Waals surface area contributed by atoms with Gasteiger partial charge in [0.2, 0.25) is 0 Å². The third-order valence-electron chi connectivity index (χ3n) is 3.84. The predicted molar refractivity (Wildman–Crippen MR) is 99.0 cm³/mol. The SMILES string of the molecule is Cc1nn(Cc2cccc(F)c2)c(C)c1NC(=S)NCc1ccco1. The molecular weight excluding hydrogens is 339 g/mol. The van der Waals surface area contributed by atoms with Crippen molar-refractivity contribution in [3.8, 4) is 0 Å². The van der Waals surface area contributed by atoms with Crippen LogP contribution in [0.2, 0.25) is 0 Å². The van der Waals surface area contributed by atoms with Crippen LogP contribution in [0.15, 0.2) is 47.1 Å². The highest BCUT2D eigenvalue weighted by atomic mass is 32.1. The number of nitrogens with one attached hydrogen (secondary N) is 2. The minimum Gasteiger partial charge on any atom is -0.467 e. The number of benzene rings is 1. The van der Waals surface area contributed by atoms with Gasteiger partial charge in [-0.25, -0.2) is 4.39 Å². The standard InChI is InChI=1S/C18H19FN4OS/c1-12-17(21-18(25)20-10-16-7-4-8-24-16)13(2)23(22-12)11-14-5-3-6-15(19)9-14/h3-9H,10-11H2,1-2H3,(H2,20,21,25). The van der Waals surface area contributed by atoms with Gasteiger partial charge in [-0.3, -0.25) is 4.68 Å². The maximum absolute atomic E-state index is 13.4. The molecule has 2 aromatic heterocycles. The molecule has 0 aliphatic carbocycles. The first-order valence-electron chi connectivity index (χ1n) is 7.88. The molecule has 0 saturated heterocycles. The molecule has 7 heteroatoms. The van der Waals surface area contributed by atoms with Crippen LogP contribution in [0.4, 0.5) is 10.1 Å². The van der Waals surface area contributed by atoms with Crippen molar-refractivity contribution < 1.29 is 8.81 Å². The Morgan fingerprint density at radius 2 is 2.12 bits per heavy atom. The summed E-state index contributed by atoms with van der Waals surface area (Å²) in [6.45, 7) is 4.87. The van der Waals surface area contributed by atoms with Crippen LogP contribution in [0.25, 0.3) is 0 Å². The van der Waals surface area contributed by atoms with Crippen LogP contribution < -0.4 is 10.6 Å². The molecule has 5 nitrogen and oxygen atoms in total. The zero-order valence-electron chi connectivity index (χ0n) is 14.0. The molecule has 3 rings (SSSR count). The Morgan fingerprint density at radius 3 is 2.84 bits per heavy atom. The number of rotatable bonds is 5. The van der Waals surface area contributed by atoms with Crippen molar-refractivity contribution in [3.63, 3.8) is 0 Å². The fourth-order valence-corrected chi connectivity index (χ4v) is 2.75. The maximum atomic E-state index is 13.4. The molecule has 2 N–H and O–H groups in total. The number of aryl methyl sites for hydroxylation is 1. The van der Waals surface area contributed by atoms with Gasteiger partial charge in [-0.1, -0.05) is 12.1 Å². The van der Waals surface area contributed by atoms with E-state index in [1.807, 2.05) is 36.7 Å². The van der Waals surface area contributed by atoms with Crippen LogP contribution in [0.3, 0.4) is 0 Å². The summed E-state index contributed by atoms with van der Waals surface area (Å²) < 4.78 is 20.5. The summed E-state index contributed by atoms with van der Waals surface area (Å²) in [6.07, 6.45) is 1.62. The van der Waals surface area contributed by atoms with Crippen LogP contribution in [-0.4, -0.2) is 14.9 Å². The Kier molecular flexibility index (Phi) is 5.14. The van der Waals surface area contributed by atoms with Gasteiger partial charge in [0, 0.05) is 0 Å². The van der Waals surface area contributed by atoms with Crippen molar-refractivity contribution in [1.29, 1.82) is 0 Å². The van der Waals surface area contributed by atoms with Gasteiger partial charge in [-0.15, -0.1) is 0 Å². The Labute approximate surface area is 150 Å². The highest BCUT2D eigenvalue weighted by Gasteiger charge is 2.13. The first-order chi connectivity index (χ1) is 12.0. The van der Waals surface area contributed by atoms with Gasteiger partial charge in [0.25, 0.3) is 0 Å². The summed E-state index contributed by atoms with van der Waals surface area (Å²) in [5.41, 5.74) is 3.48. The topological polar surface area (TPSA) is 55.0 Å². The minimum absolute atomic E-state index is 0.249. The Bertz CT molecular complexity index is 873. The van der Waals surface area contributed by atoms with E-state index in [1.165, 1.54) is 12.1 Å². The number of anilines is 1. The first kappa shape index (κ1) is 17.2. The van der Waals surface area contributed by atoms with Crippen molar-refractivity contribution >= 4 is 23.0 Å². The third-order valence-corrected chi connectivity index (χ3v) is 4.09. The van der Waals surface area contributed by atoms with Gasteiger partial charge < -0.3 is 15.1 Å². The molecular formula is C18H19FN4OS. The van der Waals surface area contributed by atoms with Crippen molar-refractivity contribution in [2.75, 3.05) is 5.32 Å². The molecule has 0 atom stereocenters. The lowest BCUT2D eigenvalue weighted by molar-refractivity contribution is 0.503. The van der Waals surface area contributed by atoms with Gasteiger partial charge >= 0.3 is 0 Å². The number of thiocarbonyl (C=S) groups is 1.